The van der Waals surface area contributed by atoms with E-state index >= 15 is 0 Å². The van der Waals surface area contributed by atoms with Crippen LogP contribution >= 0.6 is 0 Å². The summed E-state index contributed by atoms with van der Waals surface area (Å²) in [6.45, 7) is 5.39. The SMILES string of the molecule is CC1=C(C)CN(S(=O)(=O)C2CC=CCC2)CC1. The second kappa shape index (κ2) is 4.94. The van der Waals surface area contributed by atoms with Crippen molar-refractivity contribution in [2.75, 3.05) is 13.1 Å². The van der Waals surface area contributed by atoms with Crippen molar-refractivity contribution >= 4 is 10.0 Å². The molecular weight excluding hydrogens is 234 g/mol. The van der Waals surface area contributed by atoms with Crippen molar-refractivity contribution in [1.29, 1.82) is 0 Å². The van der Waals surface area contributed by atoms with Crippen molar-refractivity contribution in [2.45, 2.75) is 44.8 Å². The van der Waals surface area contributed by atoms with Crippen molar-refractivity contribution < 1.29 is 8.42 Å². The van der Waals surface area contributed by atoms with Crippen LogP contribution in [0.15, 0.2) is 23.3 Å². The standard InChI is InChI=1S/C13H21NO2S/c1-11-8-9-14(10-12(11)2)17(15,16)13-6-4-3-5-7-13/h3-4,13H,5-10H2,1-2H3. The van der Waals surface area contributed by atoms with Crippen LogP contribution in [0.5, 0.6) is 0 Å². The van der Waals surface area contributed by atoms with Gasteiger partial charge < -0.3 is 0 Å². The molecule has 0 spiro atoms. The van der Waals surface area contributed by atoms with E-state index in [1.54, 1.807) is 4.31 Å². The molecule has 0 radical (unpaired) electrons. The summed E-state index contributed by atoms with van der Waals surface area (Å²) >= 11 is 0. The molecule has 0 saturated heterocycles. The lowest BCUT2D eigenvalue weighted by Crippen LogP contribution is -2.42. The lowest BCUT2D eigenvalue weighted by Gasteiger charge is -2.31. The first-order valence-electron chi connectivity index (χ1n) is 6.31. The van der Waals surface area contributed by atoms with Crippen LogP contribution in [-0.4, -0.2) is 31.1 Å². The third kappa shape index (κ3) is 2.63. The fourth-order valence-corrected chi connectivity index (χ4v) is 4.38. The molecule has 1 unspecified atom stereocenters. The Bertz CT molecular complexity index is 448. The summed E-state index contributed by atoms with van der Waals surface area (Å²) in [6, 6.07) is 0. The van der Waals surface area contributed by atoms with Crippen molar-refractivity contribution in [1.82, 2.24) is 4.31 Å². The first kappa shape index (κ1) is 12.8. The summed E-state index contributed by atoms with van der Waals surface area (Å²) in [4.78, 5) is 0. The molecule has 0 fully saturated rings. The van der Waals surface area contributed by atoms with Gasteiger partial charge in [-0.2, -0.15) is 4.31 Å². The zero-order chi connectivity index (χ0) is 12.5. The first-order chi connectivity index (χ1) is 8.01. The van der Waals surface area contributed by atoms with Crippen molar-refractivity contribution in [2.24, 2.45) is 0 Å². The summed E-state index contributed by atoms with van der Waals surface area (Å²) < 4.78 is 26.6. The van der Waals surface area contributed by atoms with Gasteiger partial charge in [0, 0.05) is 13.1 Å². The van der Waals surface area contributed by atoms with Gasteiger partial charge in [-0.3, -0.25) is 0 Å². The molecule has 0 saturated carbocycles. The van der Waals surface area contributed by atoms with Gasteiger partial charge in [0.2, 0.25) is 10.0 Å². The number of hydrogen-bond donors (Lipinski definition) is 0. The fourth-order valence-electron chi connectivity index (χ4n) is 2.45. The Morgan fingerprint density at radius 2 is 2.00 bits per heavy atom. The predicted octanol–water partition coefficient (Wildman–Crippen LogP) is 2.47. The number of hydrogen-bond acceptors (Lipinski definition) is 2. The van der Waals surface area contributed by atoms with Gasteiger partial charge in [0.15, 0.2) is 0 Å². The van der Waals surface area contributed by atoms with Crippen LogP contribution in [0.4, 0.5) is 0 Å². The van der Waals surface area contributed by atoms with Gasteiger partial charge >= 0.3 is 0 Å². The average molecular weight is 255 g/mol. The van der Waals surface area contributed by atoms with Crippen LogP contribution < -0.4 is 0 Å². The second-order valence-corrected chi connectivity index (χ2v) is 7.31. The van der Waals surface area contributed by atoms with E-state index in [1.165, 1.54) is 11.1 Å². The van der Waals surface area contributed by atoms with Gasteiger partial charge in [-0.05, 0) is 39.5 Å². The summed E-state index contributed by atoms with van der Waals surface area (Å²) in [5.74, 6) is 0. The smallest absolute Gasteiger partial charge is 0.212 e. The Labute approximate surface area is 104 Å². The fraction of sp³-hybridized carbons (Fsp3) is 0.692. The molecule has 1 atom stereocenters. The number of nitrogens with zero attached hydrogens (tertiary/aromatic N) is 1. The third-order valence-corrected chi connectivity index (χ3v) is 6.18. The lowest BCUT2D eigenvalue weighted by atomic mass is 10.1. The molecule has 0 amide bonds. The van der Waals surface area contributed by atoms with Gasteiger partial charge in [0.1, 0.15) is 0 Å². The molecule has 2 aliphatic rings. The van der Waals surface area contributed by atoms with Gasteiger partial charge in [0.25, 0.3) is 0 Å². The van der Waals surface area contributed by atoms with E-state index in [0.717, 1.165) is 19.3 Å². The molecule has 2 rings (SSSR count). The topological polar surface area (TPSA) is 37.4 Å². The molecule has 0 bridgehead atoms. The maximum atomic E-state index is 12.5. The van der Waals surface area contributed by atoms with Crippen LogP contribution in [0.25, 0.3) is 0 Å². The van der Waals surface area contributed by atoms with Crippen LogP contribution in [0.3, 0.4) is 0 Å². The van der Waals surface area contributed by atoms with Crippen LogP contribution in [-0.2, 0) is 10.0 Å². The maximum Gasteiger partial charge on any atom is 0.217 e. The van der Waals surface area contributed by atoms with Crippen LogP contribution in [0.2, 0.25) is 0 Å². The minimum absolute atomic E-state index is 0.196. The summed E-state index contributed by atoms with van der Waals surface area (Å²) in [6.07, 6.45) is 7.32. The van der Waals surface area contributed by atoms with Gasteiger partial charge in [-0.1, -0.05) is 23.3 Å². The Hall–Kier alpha value is -0.610. The summed E-state index contributed by atoms with van der Waals surface area (Å²) in [5.41, 5.74) is 2.56. The zero-order valence-electron chi connectivity index (χ0n) is 10.6. The molecule has 96 valence electrons. The van der Waals surface area contributed by atoms with Crippen LogP contribution in [0.1, 0.15) is 39.5 Å². The molecule has 0 N–H and O–H groups in total. The Kier molecular flexibility index (Phi) is 3.73. The molecular formula is C13H21NO2S. The van der Waals surface area contributed by atoms with E-state index in [0.29, 0.717) is 19.5 Å². The van der Waals surface area contributed by atoms with E-state index in [4.69, 9.17) is 0 Å². The molecule has 3 nitrogen and oxygen atoms in total. The average Bonchev–Trinajstić information content (AvgIpc) is 2.33. The molecule has 1 heterocycles. The van der Waals surface area contributed by atoms with Gasteiger partial charge in [-0.15, -0.1) is 0 Å². The highest BCUT2D eigenvalue weighted by Gasteiger charge is 2.33. The lowest BCUT2D eigenvalue weighted by molar-refractivity contribution is 0.409. The minimum atomic E-state index is -3.09. The number of allylic oxidation sites excluding steroid dienone is 2. The molecule has 4 heteroatoms. The normalized spacial score (nSPS) is 27.5. The second-order valence-electron chi connectivity index (χ2n) is 5.10. The van der Waals surface area contributed by atoms with Crippen molar-refractivity contribution in [3.63, 3.8) is 0 Å². The summed E-state index contributed by atoms with van der Waals surface area (Å²) in [7, 11) is -3.09. The Morgan fingerprint density at radius 3 is 2.59 bits per heavy atom. The van der Waals surface area contributed by atoms with Crippen molar-refractivity contribution in [3.05, 3.63) is 23.3 Å². The number of rotatable bonds is 2. The monoisotopic (exact) mass is 255 g/mol. The summed E-state index contributed by atoms with van der Waals surface area (Å²) in [5, 5.41) is -0.196. The molecule has 17 heavy (non-hydrogen) atoms. The van der Waals surface area contributed by atoms with Crippen LogP contribution in [0, 0.1) is 0 Å². The largest absolute Gasteiger partial charge is 0.217 e. The number of sulfonamides is 1. The predicted molar refractivity (Wildman–Crippen MR) is 70.3 cm³/mol. The van der Waals surface area contributed by atoms with E-state index in [1.807, 2.05) is 13.0 Å². The highest BCUT2D eigenvalue weighted by Crippen LogP contribution is 2.26. The molecule has 0 aromatic carbocycles. The quantitative estimate of drug-likeness (QED) is 0.711. The molecule has 1 aliphatic carbocycles. The van der Waals surface area contributed by atoms with Gasteiger partial charge in [0.05, 0.1) is 5.25 Å². The highest BCUT2D eigenvalue weighted by atomic mass is 32.2. The highest BCUT2D eigenvalue weighted by molar-refractivity contribution is 7.89. The minimum Gasteiger partial charge on any atom is -0.212 e. The zero-order valence-corrected chi connectivity index (χ0v) is 11.5. The van der Waals surface area contributed by atoms with Crippen molar-refractivity contribution in [3.8, 4) is 0 Å². The first-order valence-corrected chi connectivity index (χ1v) is 7.81. The molecule has 0 aromatic rings. The third-order valence-electron chi connectivity index (χ3n) is 3.88. The Morgan fingerprint density at radius 1 is 1.24 bits per heavy atom. The molecule has 0 aromatic heterocycles. The van der Waals surface area contributed by atoms with E-state index in [-0.39, 0.29) is 5.25 Å². The Balaban J connectivity index is 2.14. The van der Waals surface area contributed by atoms with E-state index in [2.05, 4.69) is 13.0 Å². The maximum absolute atomic E-state index is 12.5. The van der Waals surface area contributed by atoms with E-state index < -0.39 is 10.0 Å². The van der Waals surface area contributed by atoms with E-state index in [9.17, 15) is 8.42 Å². The van der Waals surface area contributed by atoms with Gasteiger partial charge in [-0.25, -0.2) is 8.42 Å². The molecule has 1 aliphatic heterocycles.